The van der Waals surface area contributed by atoms with Gasteiger partial charge in [0.1, 0.15) is 11.5 Å². The molecule has 0 saturated heterocycles. The highest BCUT2D eigenvalue weighted by Gasteiger charge is 2.19. The van der Waals surface area contributed by atoms with Gasteiger partial charge >= 0.3 is 5.97 Å². The first kappa shape index (κ1) is 27.9. The Bertz CT molecular complexity index is 1150. The molecule has 0 aliphatic rings. The van der Waals surface area contributed by atoms with E-state index in [4.69, 9.17) is 4.74 Å². The molecule has 0 aliphatic carbocycles. The van der Waals surface area contributed by atoms with E-state index in [1.165, 1.54) is 0 Å². The molecule has 7 nitrogen and oxygen atoms in total. The molecule has 37 heavy (non-hydrogen) atoms. The zero-order valence-electron chi connectivity index (χ0n) is 22.1. The van der Waals surface area contributed by atoms with Crippen LogP contribution in [0.25, 0.3) is 0 Å². The van der Waals surface area contributed by atoms with Crippen LogP contribution >= 0.6 is 0 Å². The van der Waals surface area contributed by atoms with Crippen LogP contribution in [0.4, 0.5) is 5.69 Å². The standard InChI is InChI=1S/C30H37N3O4/c1-22(2)32(20-24-10-8-9-13-28(24)30(35)36)18-19-33(23(3)4)21-29(34)31-25-14-16-27(17-15-25)37-26-11-6-5-7-12-26/h5-17,22-23H,18-21H2,1-4H3,(H,31,34)(H,35,36). The molecule has 3 aromatic carbocycles. The molecule has 0 fully saturated rings. The summed E-state index contributed by atoms with van der Waals surface area (Å²) in [6.45, 7) is 10.5. The summed E-state index contributed by atoms with van der Waals surface area (Å²) in [4.78, 5) is 28.8. The third-order valence-corrected chi connectivity index (χ3v) is 6.22. The van der Waals surface area contributed by atoms with Crippen LogP contribution in [0.1, 0.15) is 43.6 Å². The van der Waals surface area contributed by atoms with Gasteiger partial charge in [-0.3, -0.25) is 14.6 Å². The van der Waals surface area contributed by atoms with E-state index in [-0.39, 0.29) is 24.5 Å². The van der Waals surface area contributed by atoms with Crippen LogP contribution in [0.15, 0.2) is 78.9 Å². The lowest BCUT2D eigenvalue weighted by Gasteiger charge is -2.32. The van der Waals surface area contributed by atoms with E-state index < -0.39 is 5.97 Å². The second-order valence-electron chi connectivity index (χ2n) is 9.58. The van der Waals surface area contributed by atoms with E-state index in [2.05, 4.69) is 42.8 Å². The number of amides is 1. The number of nitrogens with one attached hydrogen (secondary N) is 1. The van der Waals surface area contributed by atoms with Crippen molar-refractivity contribution in [3.63, 3.8) is 0 Å². The smallest absolute Gasteiger partial charge is 0.336 e. The van der Waals surface area contributed by atoms with Gasteiger partial charge in [0.25, 0.3) is 0 Å². The van der Waals surface area contributed by atoms with Crippen LogP contribution in [0, 0.1) is 0 Å². The van der Waals surface area contributed by atoms with Gasteiger partial charge in [-0.05, 0) is 75.7 Å². The van der Waals surface area contributed by atoms with E-state index in [1.807, 2.05) is 66.7 Å². The van der Waals surface area contributed by atoms with Gasteiger partial charge in [0.15, 0.2) is 0 Å². The monoisotopic (exact) mass is 503 g/mol. The van der Waals surface area contributed by atoms with Crippen LogP contribution in [0.3, 0.4) is 0 Å². The summed E-state index contributed by atoms with van der Waals surface area (Å²) in [7, 11) is 0. The second-order valence-corrected chi connectivity index (χ2v) is 9.58. The summed E-state index contributed by atoms with van der Waals surface area (Å²) >= 11 is 0. The molecule has 196 valence electrons. The normalized spacial score (nSPS) is 11.4. The number of hydrogen-bond donors (Lipinski definition) is 2. The molecular weight excluding hydrogens is 466 g/mol. The molecule has 0 saturated carbocycles. The van der Waals surface area contributed by atoms with Gasteiger partial charge in [-0.25, -0.2) is 4.79 Å². The second kappa shape index (κ2) is 13.6. The molecular formula is C30H37N3O4. The van der Waals surface area contributed by atoms with Gasteiger partial charge in [-0.2, -0.15) is 0 Å². The number of carbonyl (C=O) groups excluding carboxylic acids is 1. The largest absolute Gasteiger partial charge is 0.478 e. The molecule has 3 rings (SSSR count). The summed E-state index contributed by atoms with van der Waals surface area (Å²) in [6.07, 6.45) is 0. The van der Waals surface area contributed by atoms with Crippen molar-refractivity contribution in [3.8, 4) is 11.5 Å². The van der Waals surface area contributed by atoms with Crippen LogP contribution in [-0.4, -0.2) is 58.5 Å². The number of aromatic carboxylic acids is 1. The predicted octanol–water partition coefficient (Wildman–Crippen LogP) is 5.74. The van der Waals surface area contributed by atoms with E-state index in [0.717, 1.165) is 11.3 Å². The van der Waals surface area contributed by atoms with E-state index in [0.29, 0.717) is 36.6 Å². The Hall–Kier alpha value is -3.68. The van der Waals surface area contributed by atoms with Gasteiger partial charge in [-0.1, -0.05) is 36.4 Å². The first-order valence-electron chi connectivity index (χ1n) is 12.6. The average Bonchev–Trinajstić information content (AvgIpc) is 2.87. The quantitative estimate of drug-likeness (QED) is 0.310. The van der Waals surface area contributed by atoms with Gasteiger partial charge in [-0.15, -0.1) is 0 Å². The number of rotatable bonds is 13. The fourth-order valence-electron chi connectivity index (χ4n) is 4.00. The summed E-state index contributed by atoms with van der Waals surface area (Å²) in [5.74, 6) is 0.456. The first-order chi connectivity index (χ1) is 17.7. The number of carbonyl (C=O) groups is 2. The minimum atomic E-state index is -0.917. The number of carboxylic acids is 1. The van der Waals surface area contributed by atoms with E-state index in [9.17, 15) is 14.7 Å². The Morgan fingerprint density at radius 3 is 1.97 bits per heavy atom. The van der Waals surface area contributed by atoms with Crippen LogP contribution < -0.4 is 10.1 Å². The maximum Gasteiger partial charge on any atom is 0.336 e. The lowest BCUT2D eigenvalue weighted by Crippen LogP contribution is -2.44. The van der Waals surface area contributed by atoms with Crippen molar-refractivity contribution in [3.05, 3.63) is 90.0 Å². The van der Waals surface area contributed by atoms with Crippen LogP contribution in [-0.2, 0) is 11.3 Å². The summed E-state index contributed by atoms with van der Waals surface area (Å²) < 4.78 is 5.81. The molecule has 0 bridgehead atoms. The number of nitrogens with zero attached hydrogens (tertiary/aromatic N) is 2. The SMILES string of the molecule is CC(C)N(CCN(Cc1ccccc1C(=O)O)C(C)C)CC(=O)Nc1ccc(Oc2ccccc2)cc1. The lowest BCUT2D eigenvalue weighted by atomic mass is 10.1. The Morgan fingerprint density at radius 1 is 0.784 bits per heavy atom. The first-order valence-corrected chi connectivity index (χ1v) is 12.6. The van der Waals surface area contributed by atoms with Crippen molar-refractivity contribution < 1.29 is 19.4 Å². The molecule has 1 amide bonds. The number of carboxylic acid groups (broad SMARTS) is 1. The van der Waals surface area contributed by atoms with Crippen molar-refractivity contribution in [1.82, 2.24) is 9.80 Å². The molecule has 0 aliphatic heterocycles. The highest BCUT2D eigenvalue weighted by Crippen LogP contribution is 2.22. The zero-order valence-corrected chi connectivity index (χ0v) is 22.1. The average molecular weight is 504 g/mol. The van der Waals surface area contributed by atoms with E-state index >= 15 is 0 Å². The summed E-state index contributed by atoms with van der Waals surface area (Å²) in [6, 6.07) is 24.4. The maximum atomic E-state index is 12.8. The molecule has 0 spiro atoms. The third-order valence-electron chi connectivity index (χ3n) is 6.22. The zero-order chi connectivity index (χ0) is 26.8. The fraction of sp³-hybridized carbons (Fsp3) is 0.333. The third kappa shape index (κ3) is 8.74. The lowest BCUT2D eigenvalue weighted by molar-refractivity contribution is -0.117. The highest BCUT2D eigenvalue weighted by atomic mass is 16.5. The molecule has 0 heterocycles. The molecule has 0 radical (unpaired) electrons. The van der Waals surface area contributed by atoms with Crippen molar-refractivity contribution in [2.24, 2.45) is 0 Å². The Kier molecular flexibility index (Phi) is 10.2. The molecule has 3 aromatic rings. The van der Waals surface area contributed by atoms with E-state index in [1.54, 1.807) is 12.1 Å². The maximum absolute atomic E-state index is 12.8. The Labute approximate surface area is 219 Å². The van der Waals surface area contributed by atoms with Crippen molar-refractivity contribution >= 4 is 17.6 Å². The summed E-state index contributed by atoms with van der Waals surface area (Å²) in [5, 5.41) is 12.5. The van der Waals surface area contributed by atoms with Gasteiger partial charge in [0, 0.05) is 37.4 Å². The van der Waals surface area contributed by atoms with Gasteiger partial charge in [0.05, 0.1) is 12.1 Å². The molecule has 0 unspecified atom stereocenters. The van der Waals surface area contributed by atoms with Crippen LogP contribution in [0.2, 0.25) is 0 Å². The number of hydrogen-bond acceptors (Lipinski definition) is 5. The van der Waals surface area contributed by atoms with Crippen molar-refractivity contribution in [2.75, 3.05) is 25.0 Å². The highest BCUT2D eigenvalue weighted by molar-refractivity contribution is 5.92. The number of anilines is 1. The van der Waals surface area contributed by atoms with Gasteiger partial charge < -0.3 is 15.2 Å². The predicted molar refractivity (Wildman–Crippen MR) is 147 cm³/mol. The molecule has 0 atom stereocenters. The summed E-state index contributed by atoms with van der Waals surface area (Å²) in [5.41, 5.74) is 1.83. The minimum absolute atomic E-state index is 0.0854. The van der Waals surface area contributed by atoms with Crippen LogP contribution in [0.5, 0.6) is 11.5 Å². The fourth-order valence-corrected chi connectivity index (χ4v) is 4.00. The minimum Gasteiger partial charge on any atom is -0.478 e. The van der Waals surface area contributed by atoms with Crippen molar-refractivity contribution in [2.45, 2.75) is 46.3 Å². The van der Waals surface area contributed by atoms with Gasteiger partial charge in [0.2, 0.25) is 5.91 Å². The van der Waals surface area contributed by atoms with Crippen molar-refractivity contribution in [1.29, 1.82) is 0 Å². The number of para-hydroxylation sites is 1. The molecule has 2 N–H and O–H groups in total. The Morgan fingerprint density at radius 2 is 1.35 bits per heavy atom. The molecule has 7 heteroatoms. The Balaban J connectivity index is 1.56. The number of ether oxygens (including phenoxy) is 1. The molecule has 0 aromatic heterocycles. The number of benzene rings is 3. The topological polar surface area (TPSA) is 82.1 Å².